The number of thioether (sulfide) groups is 1. The maximum Gasteiger partial charge on any atom is 0.262 e. The van der Waals surface area contributed by atoms with Crippen molar-refractivity contribution in [1.29, 1.82) is 0 Å². The van der Waals surface area contributed by atoms with Crippen molar-refractivity contribution < 1.29 is 9.53 Å². The Kier molecular flexibility index (Phi) is 3.79. The number of fused-ring (bicyclic) bond motifs is 2. The van der Waals surface area contributed by atoms with Gasteiger partial charge >= 0.3 is 0 Å². The standard InChI is InChI=1S/C21H17N3O2S/c1-13-10-24-11-16(15-7-8-18-17(9-15)23-19(25)12-26-18)20(27-21(24)22-13)14-5-3-2-4-6-14/h2-11,20H,12H2,1H3,(H,23,25). The van der Waals surface area contributed by atoms with Crippen LogP contribution in [0.15, 0.2) is 59.9 Å². The van der Waals surface area contributed by atoms with Gasteiger partial charge in [-0.25, -0.2) is 4.98 Å². The van der Waals surface area contributed by atoms with E-state index < -0.39 is 0 Å². The van der Waals surface area contributed by atoms with E-state index in [-0.39, 0.29) is 17.8 Å². The maximum atomic E-state index is 11.7. The fourth-order valence-corrected chi connectivity index (χ4v) is 4.68. The van der Waals surface area contributed by atoms with Crippen LogP contribution in [0.1, 0.15) is 22.1 Å². The summed E-state index contributed by atoms with van der Waals surface area (Å²) in [4.78, 5) is 16.3. The molecule has 2 aliphatic rings. The molecule has 1 atom stereocenters. The Hall–Kier alpha value is -2.99. The summed E-state index contributed by atoms with van der Waals surface area (Å²) in [6.07, 6.45) is 4.17. The van der Waals surface area contributed by atoms with E-state index in [1.54, 1.807) is 11.8 Å². The zero-order chi connectivity index (χ0) is 18.4. The van der Waals surface area contributed by atoms with Crippen molar-refractivity contribution in [1.82, 2.24) is 9.55 Å². The lowest BCUT2D eigenvalue weighted by Crippen LogP contribution is -2.25. The summed E-state index contributed by atoms with van der Waals surface area (Å²) in [7, 11) is 0. The van der Waals surface area contributed by atoms with Gasteiger partial charge in [0, 0.05) is 12.4 Å². The first kappa shape index (κ1) is 16.2. The number of imidazole rings is 1. The molecule has 2 aromatic carbocycles. The fourth-order valence-electron chi connectivity index (χ4n) is 3.42. The van der Waals surface area contributed by atoms with Crippen LogP contribution in [0.4, 0.5) is 5.69 Å². The van der Waals surface area contributed by atoms with Crippen molar-refractivity contribution in [3.8, 4) is 5.75 Å². The third-order valence-electron chi connectivity index (χ3n) is 4.65. The highest BCUT2D eigenvalue weighted by Gasteiger charge is 2.27. The molecule has 0 bridgehead atoms. The molecule has 0 saturated heterocycles. The van der Waals surface area contributed by atoms with Crippen LogP contribution in [0.2, 0.25) is 0 Å². The molecule has 0 saturated carbocycles. The quantitative estimate of drug-likeness (QED) is 0.723. The topological polar surface area (TPSA) is 56.2 Å². The van der Waals surface area contributed by atoms with Crippen LogP contribution in [0.25, 0.3) is 11.8 Å². The Morgan fingerprint density at radius 1 is 1.22 bits per heavy atom. The molecule has 0 radical (unpaired) electrons. The van der Waals surface area contributed by atoms with Gasteiger partial charge in [-0.05, 0) is 35.8 Å². The van der Waals surface area contributed by atoms with E-state index in [4.69, 9.17) is 4.74 Å². The first-order chi connectivity index (χ1) is 13.2. The zero-order valence-corrected chi connectivity index (χ0v) is 15.5. The Labute approximate surface area is 161 Å². The molecule has 0 spiro atoms. The second-order valence-electron chi connectivity index (χ2n) is 6.61. The van der Waals surface area contributed by atoms with Crippen LogP contribution in [-0.4, -0.2) is 22.1 Å². The van der Waals surface area contributed by atoms with E-state index in [1.807, 2.05) is 37.4 Å². The monoisotopic (exact) mass is 375 g/mol. The summed E-state index contributed by atoms with van der Waals surface area (Å²) in [5, 5.41) is 4.01. The molecular weight excluding hydrogens is 358 g/mol. The SMILES string of the molecule is Cc1cn2c(n1)SC(c1ccccc1)C(c1ccc3c(c1)NC(=O)CO3)=C2. The summed E-state index contributed by atoms with van der Waals surface area (Å²) in [6, 6.07) is 16.4. The third kappa shape index (κ3) is 2.92. The lowest BCUT2D eigenvalue weighted by Gasteiger charge is -2.26. The number of carbonyl (C=O) groups is 1. The summed E-state index contributed by atoms with van der Waals surface area (Å²) < 4.78 is 7.57. The number of carbonyl (C=O) groups excluding carboxylic acids is 1. The van der Waals surface area contributed by atoms with E-state index >= 15 is 0 Å². The second kappa shape index (κ2) is 6.32. The van der Waals surface area contributed by atoms with Crippen molar-refractivity contribution in [2.24, 2.45) is 0 Å². The zero-order valence-electron chi connectivity index (χ0n) is 14.7. The normalized spacial score (nSPS) is 18.0. The highest BCUT2D eigenvalue weighted by molar-refractivity contribution is 7.99. The highest BCUT2D eigenvalue weighted by Crippen LogP contribution is 2.48. The molecule has 1 aromatic heterocycles. The van der Waals surface area contributed by atoms with Gasteiger partial charge in [0.2, 0.25) is 0 Å². The first-order valence-electron chi connectivity index (χ1n) is 8.73. The number of nitrogens with zero attached hydrogens (tertiary/aromatic N) is 2. The maximum absolute atomic E-state index is 11.7. The van der Waals surface area contributed by atoms with Gasteiger partial charge in [0.15, 0.2) is 11.8 Å². The fraction of sp³-hybridized carbons (Fsp3) is 0.143. The van der Waals surface area contributed by atoms with Gasteiger partial charge in [-0.2, -0.15) is 0 Å². The third-order valence-corrected chi connectivity index (χ3v) is 5.93. The molecule has 2 aliphatic heterocycles. The summed E-state index contributed by atoms with van der Waals surface area (Å²) in [5.74, 6) is 0.580. The Morgan fingerprint density at radius 2 is 2.07 bits per heavy atom. The smallest absolute Gasteiger partial charge is 0.262 e. The van der Waals surface area contributed by atoms with E-state index in [1.165, 1.54) is 11.1 Å². The molecule has 1 unspecified atom stereocenters. The van der Waals surface area contributed by atoms with Crippen molar-refractivity contribution in [3.05, 3.63) is 71.5 Å². The van der Waals surface area contributed by atoms with E-state index in [2.05, 4.69) is 45.3 Å². The number of anilines is 1. The number of ether oxygens (including phenoxy) is 1. The van der Waals surface area contributed by atoms with Crippen molar-refractivity contribution >= 4 is 35.1 Å². The molecular formula is C21H17N3O2S. The number of aromatic nitrogens is 2. The first-order valence-corrected chi connectivity index (χ1v) is 9.61. The van der Waals surface area contributed by atoms with Gasteiger partial charge in [0.05, 0.1) is 16.6 Å². The molecule has 6 heteroatoms. The number of benzene rings is 2. The predicted octanol–water partition coefficient (Wildman–Crippen LogP) is 4.37. The minimum atomic E-state index is -0.126. The number of hydrogen-bond donors (Lipinski definition) is 1. The van der Waals surface area contributed by atoms with Gasteiger partial charge < -0.3 is 14.6 Å². The van der Waals surface area contributed by atoms with Crippen molar-refractivity contribution in [2.45, 2.75) is 17.3 Å². The van der Waals surface area contributed by atoms with Crippen LogP contribution in [-0.2, 0) is 4.79 Å². The summed E-state index contributed by atoms with van der Waals surface area (Å²) >= 11 is 1.74. The van der Waals surface area contributed by atoms with Crippen molar-refractivity contribution in [3.63, 3.8) is 0 Å². The van der Waals surface area contributed by atoms with Crippen LogP contribution in [0, 0.1) is 6.92 Å². The molecule has 3 heterocycles. The molecule has 27 heavy (non-hydrogen) atoms. The number of amides is 1. The van der Waals surface area contributed by atoms with Gasteiger partial charge in [0.25, 0.3) is 5.91 Å². The molecule has 3 aromatic rings. The van der Waals surface area contributed by atoms with Crippen molar-refractivity contribution in [2.75, 3.05) is 11.9 Å². The lowest BCUT2D eigenvalue weighted by molar-refractivity contribution is -0.118. The average Bonchev–Trinajstić information content (AvgIpc) is 3.06. The Bertz CT molecular complexity index is 1070. The molecule has 134 valence electrons. The van der Waals surface area contributed by atoms with Gasteiger partial charge in [0.1, 0.15) is 5.75 Å². The molecule has 1 amide bonds. The Balaban J connectivity index is 1.64. The van der Waals surface area contributed by atoms with Crippen LogP contribution in [0.3, 0.4) is 0 Å². The van der Waals surface area contributed by atoms with Crippen LogP contribution < -0.4 is 10.1 Å². The number of rotatable bonds is 2. The van der Waals surface area contributed by atoms with Gasteiger partial charge in [-0.3, -0.25) is 4.79 Å². The van der Waals surface area contributed by atoms with E-state index in [9.17, 15) is 4.79 Å². The minimum absolute atomic E-state index is 0.0647. The van der Waals surface area contributed by atoms with Crippen LogP contribution in [0.5, 0.6) is 5.75 Å². The lowest BCUT2D eigenvalue weighted by atomic mass is 9.97. The molecule has 5 nitrogen and oxygen atoms in total. The second-order valence-corrected chi connectivity index (χ2v) is 7.69. The number of aryl methyl sites for hydroxylation is 1. The molecule has 5 rings (SSSR count). The Morgan fingerprint density at radius 3 is 2.93 bits per heavy atom. The number of nitrogens with one attached hydrogen (secondary N) is 1. The summed E-state index contributed by atoms with van der Waals surface area (Å²) in [6.45, 7) is 2.07. The highest BCUT2D eigenvalue weighted by atomic mass is 32.2. The average molecular weight is 375 g/mol. The molecule has 0 fully saturated rings. The minimum Gasteiger partial charge on any atom is -0.482 e. The predicted molar refractivity (Wildman–Crippen MR) is 107 cm³/mol. The largest absolute Gasteiger partial charge is 0.482 e. The van der Waals surface area contributed by atoms with Crippen LogP contribution >= 0.6 is 11.8 Å². The van der Waals surface area contributed by atoms with Gasteiger partial charge in [-0.15, -0.1) is 0 Å². The van der Waals surface area contributed by atoms with E-state index in [0.717, 1.165) is 16.4 Å². The van der Waals surface area contributed by atoms with E-state index in [0.29, 0.717) is 11.4 Å². The molecule has 1 N–H and O–H groups in total. The van der Waals surface area contributed by atoms with Gasteiger partial charge in [-0.1, -0.05) is 48.2 Å². The number of hydrogen-bond acceptors (Lipinski definition) is 4. The summed E-state index contributed by atoms with van der Waals surface area (Å²) in [5.41, 5.74) is 5.15. The molecule has 0 aliphatic carbocycles.